The van der Waals surface area contributed by atoms with Crippen LogP contribution in [0.15, 0.2) is 48.5 Å². The zero-order valence-electron chi connectivity index (χ0n) is 12.1. The minimum absolute atomic E-state index is 0.498. The smallest absolute Gasteiger partial charge is 0.118 e. The van der Waals surface area contributed by atoms with Gasteiger partial charge in [0.05, 0.1) is 7.11 Å². The Bertz CT molecular complexity index is 576. The number of hydrogen-bond donors (Lipinski definition) is 1. The SMILES string of the molecule is CNC(Cc1ccc(OC)cc1)C1Cc2ccccc21. The van der Waals surface area contributed by atoms with E-state index in [4.69, 9.17) is 4.74 Å². The average molecular weight is 267 g/mol. The molecule has 2 aromatic rings. The first-order valence-corrected chi connectivity index (χ1v) is 7.20. The molecule has 1 N–H and O–H groups in total. The van der Waals surface area contributed by atoms with E-state index in [1.54, 1.807) is 7.11 Å². The lowest BCUT2D eigenvalue weighted by atomic mass is 9.72. The Morgan fingerprint density at radius 1 is 1.15 bits per heavy atom. The zero-order chi connectivity index (χ0) is 13.9. The van der Waals surface area contributed by atoms with Crippen LogP contribution in [0.1, 0.15) is 22.6 Å². The Morgan fingerprint density at radius 2 is 1.90 bits per heavy atom. The molecular weight excluding hydrogens is 246 g/mol. The van der Waals surface area contributed by atoms with Crippen LogP contribution in [-0.2, 0) is 12.8 Å². The number of fused-ring (bicyclic) bond motifs is 1. The molecule has 0 bridgehead atoms. The molecule has 0 saturated carbocycles. The van der Waals surface area contributed by atoms with Crippen molar-refractivity contribution < 1.29 is 4.74 Å². The summed E-state index contributed by atoms with van der Waals surface area (Å²) < 4.78 is 5.21. The van der Waals surface area contributed by atoms with Crippen LogP contribution in [0.5, 0.6) is 5.75 Å². The largest absolute Gasteiger partial charge is 0.497 e. The third-order valence-corrected chi connectivity index (χ3v) is 4.37. The molecule has 0 radical (unpaired) electrons. The van der Waals surface area contributed by atoms with Crippen LogP contribution in [0.25, 0.3) is 0 Å². The Kier molecular flexibility index (Phi) is 3.75. The van der Waals surface area contributed by atoms with Crippen LogP contribution < -0.4 is 10.1 Å². The van der Waals surface area contributed by atoms with E-state index in [2.05, 4.69) is 48.8 Å². The summed E-state index contributed by atoms with van der Waals surface area (Å²) in [6.45, 7) is 0. The van der Waals surface area contributed by atoms with Crippen LogP contribution in [0.3, 0.4) is 0 Å². The van der Waals surface area contributed by atoms with Crippen LogP contribution in [0.4, 0.5) is 0 Å². The van der Waals surface area contributed by atoms with E-state index in [0.29, 0.717) is 12.0 Å². The van der Waals surface area contributed by atoms with Crippen molar-refractivity contribution in [3.8, 4) is 5.75 Å². The molecule has 2 atom stereocenters. The van der Waals surface area contributed by atoms with Gasteiger partial charge in [-0.3, -0.25) is 0 Å². The molecule has 1 aliphatic carbocycles. The summed E-state index contributed by atoms with van der Waals surface area (Å²) in [4.78, 5) is 0. The van der Waals surface area contributed by atoms with Crippen molar-refractivity contribution in [1.82, 2.24) is 5.32 Å². The fourth-order valence-corrected chi connectivity index (χ4v) is 3.12. The van der Waals surface area contributed by atoms with E-state index in [0.717, 1.165) is 12.2 Å². The molecule has 2 aromatic carbocycles. The van der Waals surface area contributed by atoms with Crippen LogP contribution >= 0.6 is 0 Å². The van der Waals surface area contributed by atoms with Crippen molar-refractivity contribution >= 4 is 0 Å². The molecule has 20 heavy (non-hydrogen) atoms. The molecule has 0 aliphatic heterocycles. The average Bonchev–Trinajstić information content (AvgIpc) is 2.48. The van der Waals surface area contributed by atoms with Gasteiger partial charge in [0.15, 0.2) is 0 Å². The van der Waals surface area contributed by atoms with Gasteiger partial charge >= 0.3 is 0 Å². The second kappa shape index (κ2) is 5.68. The number of hydrogen-bond acceptors (Lipinski definition) is 2. The van der Waals surface area contributed by atoms with E-state index >= 15 is 0 Å². The van der Waals surface area contributed by atoms with Gasteiger partial charge in [0.25, 0.3) is 0 Å². The first kappa shape index (κ1) is 13.2. The summed E-state index contributed by atoms with van der Waals surface area (Å²) in [6, 6.07) is 17.7. The van der Waals surface area contributed by atoms with E-state index in [1.165, 1.54) is 23.1 Å². The number of ether oxygens (including phenoxy) is 1. The molecule has 1 aliphatic rings. The van der Waals surface area contributed by atoms with Gasteiger partial charge in [-0.15, -0.1) is 0 Å². The van der Waals surface area contributed by atoms with E-state index in [-0.39, 0.29) is 0 Å². The predicted molar refractivity (Wildman–Crippen MR) is 82.4 cm³/mol. The van der Waals surface area contributed by atoms with Gasteiger partial charge in [0, 0.05) is 12.0 Å². The van der Waals surface area contributed by atoms with Gasteiger partial charge in [-0.05, 0) is 48.7 Å². The number of rotatable bonds is 5. The third kappa shape index (κ3) is 2.44. The molecule has 3 rings (SSSR count). The zero-order valence-corrected chi connectivity index (χ0v) is 12.1. The number of nitrogens with one attached hydrogen (secondary N) is 1. The summed E-state index contributed by atoms with van der Waals surface area (Å²) in [7, 11) is 3.77. The first-order chi connectivity index (χ1) is 9.81. The summed E-state index contributed by atoms with van der Waals surface area (Å²) in [5.74, 6) is 1.56. The van der Waals surface area contributed by atoms with Gasteiger partial charge in [-0.2, -0.15) is 0 Å². The minimum Gasteiger partial charge on any atom is -0.497 e. The summed E-state index contributed by atoms with van der Waals surface area (Å²) >= 11 is 0. The fourth-order valence-electron chi connectivity index (χ4n) is 3.12. The molecule has 0 fully saturated rings. The monoisotopic (exact) mass is 267 g/mol. The molecular formula is C18H21NO. The Labute approximate surface area is 120 Å². The lowest BCUT2D eigenvalue weighted by molar-refractivity contribution is 0.412. The second-order valence-corrected chi connectivity index (χ2v) is 5.46. The van der Waals surface area contributed by atoms with Crippen LogP contribution in [0, 0.1) is 0 Å². The number of benzene rings is 2. The standard InChI is InChI=1S/C18H21NO/c1-19-18(11-13-7-9-15(20-2)10-8-13)17-12-14-5-3-4-6-16(14)17/h3-10,17-19H,11-12H2,1-2H3. The fraction of sp³-hybridized carbons (Fsp3) is 0.333. The Hall–Kier alpha value is -1.80. The number of methoxy groups -OCH3 is 1. The van der Waals surface area contributed by atoms with Crippen molar-refractivity contribution in [2.75, 3.05) is 14.2 Å². The summed E-state index contributed by atoms with van der Waals surface area (Å²) in [5.41, 5.74) is 4.38. The highest BCUT2D eigenvalue weighted by molar-refractivity contribution is 5.41. The van der Waals surface area contributed by atoms with Crippen molar-refractivity contribution in [3.05, 3.63) is 65.2 Å². The highest BCUT2D eigenvalue weighted by atomic mass is 16.5. The minimum atomic E-state index is 0.498. The molecule has 2 heteroatoms. The van der Waals surface area contributed by atoms with E-state index in [9.17, 15) is 0 Å². The molecule has 2 nitrogen and oxygen atoms in total. The molecule has 2 unspecified atom stereocenters. The molecule has 104 valence electrons. The highest BCUT2D eigenvalue weighted by Crippen LogP contribution is 2.38. The van der Waals surface area contributed by atoms with Crippen molar-refractivity contribution in [2.45, 2.75) is 24.8 Å². The second-order valence-electron chi connectivity index (χ2n) is 5.46. The number of likely N-dealkylation sites (N-methyl/N-ethyl adjacent to an activating group) is 1. The molecule has 0 heterocycles. The van der Waals surface area contributed by atoms with Crippen molar-refractivity contribution in [3.63, 3.8) is 0 Å². The lowest BCUT2D eigenvalue weighted by Gasteiger charge is -2.36. The molecule has 0 saturated heterocycles. The maximum absolute atomic E-state index is 5.21. The maximum Gasteiger partial charge on any atom is 0.118 e. The van der Waals surface area contributed by atoms with Gasteiger partial charge < -0.3 is 10.1 Å². The van der Waals surface area contributed by atoms with Crippen LogP contribution in [0.2, 0.25) is 0 Å². The third-order valence-electron chi connectivity index (χ3n) is 4.37. The first-order valence-electron chi connectivity index (χ1n) is 7.20. The molecule has 0 spiro atoms. The normalized spacial score (nSPS) is 18.0. The Balaban J connectivity index is 1.72. The quantitative estimate of drug-likeness (QED) is 0.898. The topological polar surface area (TPSA) is 21.3 Å². The van der Waals surface area contributed by atoms with Crippen molar-refractivity contribution in [2.24, 2.45) is 0 Å². The van der Waals surface area contributed by atoms with Crippen molar-refractivity contribution in [1.29, 1.82) is 0 Å². The van der Waals surface area contributed by atoms with Crippen LogP contribution in [-0.4, -0.2) is 20.2 Å². The predicted octanol–water partition coefficient (Wildman–Crippen LogP) is 3.17. The van der Waals surface area contributed by atoms with Gasteiger partial charge in [0.2, 0.25) is 0 Å². The van der Waals surface area contributed by atoms with E-state index in [1.807, 2.05) is 12.1 Å². The lowest BCUT2D eigenvalue weighted by Crippen LogP contribution is -2.39. The highest BCUT2D eigenvalue weighted by Gasteiger charge is 2.31. The maximum atomic E-state index is 5.21. The van der Waals surface area contributed by atoms with Gasteiger partial charge in [-0.25, -0.2) is 0 Å². The van der Waals surface area contributed by atoms with Gasteiger partial charge in [-0.1, -0.05) is 36.4 Å². The molecule has 0 amide bonds. The Morgan fingerprint density at radius 3 is 2.55 bits per heavy atom. The summed E-state index contributed by atoms with van der Waals surface area (Å²) in [5, 5.41) is 3.49. The summed E-state index contributed by atoms with van der Waals surface area (Å²) in [6.07, 6.45) is 2.25. The molecule has 0 aromatic heterocycles. The van der Waals surface area contributed by atoms with E-state index < -0.39 is 0 Å². The van der Waals surface area contributed by atoms with Gasteiger partial charge in [0.1, 0.15) is 5.75 Å².